The van der Waals surface area contributed by atoms with Gasteiger partial charge in [-0.3, -0.25) is 8.71 Å². The van der Waals surface area contributed by atoms with E-state index in [0.29, 0.717) is 0 Å². The minimum Gasteiger partial charge on any atom is -0.303 e. The van der Waals surface area contributed by atoms with Crippen molar-refractivity contribution in [2.24, 2.45) is 0 Å². The Bertz CT molecular complexity index is 239. The summed E-state index contributed by atoms with van der Waals surface area (Å²) in [7, 11) is -5.24. The predicted octanol–water partition coefficient (Wildman–Crippen LogP) is -0.0460. The van der Waals surface area contributed by atoms with Gasteiger partial charge in [-0.2, -0.15) is 8.42 Å². The lowest BCUT2D eigenvalue weighted by atomic mass is 11.8. The van der Waals surface area contributed by atoms with Gasteiger partial charge in [0.05, 0.1) is 13.4 Å². The zero-order valence-corrected chi connectivity index (χ0v) is 8.50. The van der Waals surface area contributed by atoms with Gasteiger partial charge in [0.15, 0.2) is 0 Å². The molecule has 0 aromatic carbocycles. The Kier molecular flexibility index (Phi) is 10.7. The summed E-state index contributed by atoms with van der Waals surface area (Å²) in [6.07, 6.45) is 0.993. The van der Waals surface area contributed by atoms with Crippen LogP contribution >= 0.6 is 7.82 Å². The van der Waals surface area contributed by atoms with Gasteiger partial charge < -0.3 is 9.79 Å². The highest BCUT2D eigenvalue weighted by molar-refractivity contribution is 7.85. The summed E-state index contributed by atoms with van der Waals surface area (Å²) in [5.41, 5.74) is 0. The molecule has 7 nitrogen and oxygen atoms in total. The quantitative estimate of drug-likeness (QED) is 0.512. The smallest absolute Gasteiger partial charge is 0.303 e. The molecule has 0 heterocycles. The van der Waals surface area contributed by atoms with Crippen LogP contribution in [0.25, 0.3) is 0 Å². The molecule has 0 radical (unpaired) electrons. The van der Waals surface area contributed by atoms with Crippen LogP contribution in [-0.2, 0) is 23.4 Å². The lowest BCUT2D eigenvalue weighted by Gasteiger charge is -1.93. The first kappa shape index (κ1) is 18.7. The fraction of sp³-hybridized carbons (Fsp3) is 1.00. The van der Waals surface area contributed by atoms with Gasteiger partial charge in [-0.1, -0.05) is 7.43 Å². The van der Waals surface area contributed by atoms with Gasteiger partial charge in [0, 0.05) is 7.11 Å². The maximum absolute atomic E-state index is 9.78. The molecule has 0 bridgehead atoms. The number of rotatable bonds is 2. The number of phosphoric acid groups is 1. The van der Waals surface area contributed by atoms with E-state index in [0.717, 1.165) is 20.5 Å². The Morgan fingerprint density at radius 2 is 1.38 bits per heavy atom. The molecule has 0 atom stereocenters. The predicted molar refractivity (Wildman–Crippen MR) is 47.6 cm³/mol. The molecule has 0 saturated carbocycles. The molecular weight excluding hydrogens is 223 g/mol. The highest BCUT2D eigenvalue weighted by Crippen LogP contribution is 2.33. The third-order valence-electron chi connectivity index (χ3n) is 0.541. The summed E-state index contributed by atoms with van der Waals surface area (Å²) in [4.78, 5) is 15.4. The van der Waals surface area contributed by atoms with Gasteiger partial charge in [-0.15, -0.1) is 0 Å². The molecule has 0 fully saturated rings. The molecule has 0 aromatic rings. The minimum atomic E-state index is -4.15. The minimum absolute atomic E-state index is 0. The molecular formula is C4H15O7PS. The summed E-state index contributed by atoms with van der Waals surface area (Å²) in [5, 5.41) is 0. The molecule has 0 rings (SSSR count). The van der Waals surface area contributed by atoms with Crippen LogP contribution in [0.3, 0.4) is 0 Å². The second-order valence-electron chi connectivity index (χ2n) is 1.54. The van der Waals surface area contributed by atoms with E-state index >= 15 is 0 Å². The van der Waals surface area contributed by atoms with Gasteiger partial charge in [0.1, 0.15) is 0 Å². The third kappa shape index (κ3) is 33.3. The molecule has 0 unspecified atom stereocenters. The molecule has 0 spiro atoms. The van der Waals surface area contributed by atoms with Gasteiger partial charge >= 0.3 is 7.82 Å². The van der Waals surface area contributed by atoms with E-state index in [9.17, 15) is 13.0 Å². The van der Waals surface area contributed by atoms with Crippen LogP contribution in [0.15, 0.2) is 0 Å². The van der Waals surface area contributed by atoms with E-state index in [1.807, 2.05) is 0 Å². The Balaban J connectivity index is -0.000000143. The van der Waals surface area contributed by atoms with Crippen molar-refractivity contribution in [3.8, 4) is 0 Å². The molecule has 0 amide bonds. The molecule has 2 N–H and O–H groups in total. The summed E-state index contributed by atoms with van der Waals surface area (Å²) >= 11 is 0. The van der Waals surface area contributed by atoms with E-state index < -0.39 is 17.9 Å². The van der Waals surface area contributed by atoms with Crippen molar-refractivity contribution in [3.05, 3.63) is 0 Å². The van der Waals surface area contributed by atoms with Crippen molar-refractivity contribution in [1.29, 1.82) is 0 Å². The lowest BCUT2D eigenvalue weighted by molar-refractivity contribution is 0.235. The van der Waals surface area contributed by atoms with E-state index in [-0.39, 0.29) is 7.43 Å². The van der Waals surface area contributed by atoms with E-state index in [2.05, 4.69) is 8.71 Å². The van der Waals surface area contributed by atoms with Gasteiger partial charge in [-0.05, 0) is 0 Å². The average molecular weight is 238 g/mol. The maximum Gasteiger partial charge on any atom is 0.469 e. The van der Waals surface area contributed by atoms with Crippen LogP contribution in [-0.4, -0.2) is 38.7 Å². The highest BCUT2D eigenvalue weighted by atomic mass is 32.2. The monoisotopic (exact) mass is 238 g/mol. The van der Waals surface area contributed by atoms with Crippen molar-refractivity contribution in [2.45, 2.75) is 7.43 Å². The van der Waals surface area contributed by atoms with Crippen molar-refractivity contribution >= 4 is 17.9 Å². The number of hydrogen-bond acceptors (Lipinski definition) is 5. The van der Waals surface area contributed by atoms with Crippen molar-refractivity contribution in [2.75, 3.05) is 20.5 Å². The second-order valence-corrected chi connectivity index (χ2v) is 4.63. The van der Waals surface area contributed by atoms with E-state index in [1.165, 1.54) is 0 Å². The van der Waals surface area contributed by atoms with Crippen LogP contribution in [0.4, 0.5) is 0 Å². The summed E-state index contributed by atoms with van der Waals surface area (Å²) in [6.45, 7) is 0. The summed E-state index contributed by atoms with van der Waals surface area (Å²) < 4.78 is 36.5. The number of hydrogen-bond donors (Lipinski definition) is 2. The molecule has 84 valence electrons. The van der Waals surface area contributed by atoms with Crippen molar-refractivity contribution in [3.63, 3.8) is 0 Å². The molecule has 0 aliphatic rings. The first-order valence-electron chi connectivity index (χ1n) is 2.49. The van der Waals surface area contributed by atoms with Crippen LogP contribution in [0.1, 0.15) is 7.43 Å². The molecule has 0 aliphatic carbocycles. The summed E-state index contributed by atoms with van der Waals surface area (Å²) in [6, 6.07) is 0. The van der Waals surface area contributed by atoms with Crippen LogP contribution in [0.2, 0.25) is 0 Å². The Hall–Kier alpha value is 0.0200. The molecule has 9 heteroatoms. The first-order valence-corrected chi connectivity index (χ1v) is 5.84. The van der Waals surface area contributed by atoms with E-state index in [1.54, 1.807) is 0 Å². The normalized spacial score (nSPS) is 10.8. The Morgan fingerprint density at radius 1 is 1.23 bits per heavy atom. The second kappa shape index (κ2) is 7.43. The maximum atomic E-state index is 9.78. The fourth-order valence-corrected chi connectivity index (χ4v) is 0. The molecule has 0 saturated heterocycles. The van der Waals surface area contributed by atoms with Crippen molar-refractivity contribution in [1.82, 2.24) is 0 Å². The van der Waals surface area contributed by atoms with Crippen LogP contribution in [0, 0.1) is 0 Å². The molecule has 0 aliphatic heterocycles. The van der Waals surface area contributed by atoms with Gasteiger partial charge in [-0.25, -0.2) is 4.57 Å². The third-order valence-corrected chi connectivity index (χ3v) is 1.62. The molecule has 13 heavy (non-hydrogen) atoms. The number of phosphoric ester groups is 1. The van der Waals surface area contributed by atoms with Gasteiger partial charge in [0.2, 0.25) is 0 Å². The largest absolute Gasteiger partial charge is 0.469 e. The topological polar surface area (TPSA) is 110 Å². The lowest BCUT2D eigenvalue weighted by Crippen LogP contribution is -1.95. The SMILES string of the molecule is C.COP(=O)(O)O.COS(C)(=O)=O. The van der Waals surface area contributed by atoms with Crippen LogP contribution < -0.4 is 0 Å². The standard InChI is InChI=1S/C2H6O3S.CH5O4P.CH4/c2*1-5-6(2,3)4;/h1-2H3;1H3,(H2,2,3,4);1H4. The first-order chi connectivity index (χ1) is 5.12. The zero-order valence-electron chi connectivity index (χ0n) is 6.79. The average Bonchev–Trinajstić information content (AvgIpc) is 1.86. The molecule has 0 aromatic heterocycles. The Labute approximate surface area is 78.0 Å². The van der Waals surface area contributed by atoms with Crippen LogP contribution in [0.5, 0.6) is 0 Å². The van der Waals surface area contributed by atoms with Gasteiger partial charge in [0.25, 0.3) is 10.1 Å². The van der Waals surface area contributed by atoms with E-state index in [4.69, 9.17) is 9.79 Å². The highest BCUT2D eigenvalue weighted by Gasteiger charge is 2.07. The summed E-state index contributed by atoms with van der Waals surface area (Å²) in [5.74, 6) is 0. The fourth-order valence-electron chi connectivity index (χ4n) is 0. The Morgan fingerprint density at radius 3 is 1.38 bits per heavy atom. The zero-order chi connectivity index (χ0) is 10.4. The van der Waals surface area contributed by atoms with Crippen molar-refractivity contribution < 1.29 is 31.5 Å².